The second-order valence-corrected chi connectivity index (χ2v) is 6.55. The summed E-state index contributed by atoms with van der Waals surface area (Å²) in [4.78, 5) is 28.1. The van der Waals surface area contributed by atoms with Crippen LogP contribution < -0.4 is 16.0 Å². The Bertz CT molecular complexity index is 1070. The number of hydrogen-bond donors (Lipinski definition) is 3. The number of nitrogens with one attached hydrogen (secondary N) is 3. The molecule has 0 fully saturated rings. The van der Waals surface area contributed by atoms with Crippen LogP contribution in [0.4, 0.5) is 23.7 Å². The monoisotopic (exact) mass is 455 g/mol. The van der Waals surface area contributed by atoms with Crippen LogP contribution in [0.25, 0.3) is 16.9 Å². The molecule has 0 aliphatic rings. The Hall–Kier alpha value is -3.27. The number of urea groups is 1. The number of rotatable bonds is 6. The van der Waals surface area contributed by atoms with E-state index in [0.717, 1.165) is 6.42 Å². The van der Waals surface area contributed by atoms with Crippen LogP contribution in [0.5, 0.6) is 0 Å². The highest BCUT2D eigenvalue weighted by atomic mass is 35.5. The van der Waals surface area contributed by atoms with Crippen LogP contribution >= 0.6 is 12.4 Å². The topological polar surface area (TPSA) is 87.5 Å². The molecule has 0 radical (unpaired) electrons. The van der Waals surface area contributed by atoms with Crippen molar-refractivity contribution in [3.63, 3.8) is 0 Å². The minimum absolute atomic E-state index is 0. The van der Waals surface area contributed by atoms with Crippen LogP contribution in [-0.2, 0) is 0 Å². The zero-order valence-electron chi connectivity index (χ0n) is 16.5. The maximum absolute atomic E-state index is 12.2. The van der Waals surface area contributed by atoms with Gasteiger partial charge in [0.05, 0.1) is 11.9 Å². The summed E-state index contributed by atoms with van der Waals surface area (Å²) in [6.07, 6.45) is -0.317. The lowest BCUT2D eigenvalue weighted by Crippen LogP contribution is -2.36. The van der Waals surface area contributed by atoms with Crippen LogP contribution in [0.3, 0.4) is 0 Å². The third kappa shape index (κ3) is 6.35. The van der Waals surface area contributed by atoms with Crippen LogP contribution in [0.15, 0.2) is 48.8 Å². The van der Waals surface area contributed by atoms with Gasteiger partial charge in [-0.15, -0.1) is 12.4 Å². The fourth-order valence-corrected chi connectivity index (χ4v) is 2.79. The van der Waals surface area contributed by atoms with Gasteiger partial charge in [-0.2, -0.15) is 13.2 Å². The molecule has 0 atom stereocenters. The summed E-state index contributed by atoms with van der Waals surface area (Å²) >= 11 is 0. The van der Waals surface area contributed by atoms with Crippen LogP contribution in [0, 0.1) is 0 Å². The number of carbonyl (C=O) groups is 2. The molecule has 11 heteroatoms. The molecule has 3 rings (SSSR count). The molecule has 3 N–H and O–H groups in total. The predicted molar refractivity (Wildman–Crippen MR) is 114 cm³/mol. The van der Waals surface area contributed by atoms with E-state index >= 15 is 0 Å². The number of imidazole rings is 1. The molecule has 166 valence electrons. The van der Waals surface area contributed by atoms with Gasteiger partial charge >= 0.3 is 12.2 Å². The minimum Gasteiger partial charge on any atom is -0.352 e. The van der Waals surface area contributed by atoms with Crippen molar-refractivity contribution in [2.75, 3.05) is 18.4 Å². The third-order valence-corrected chi connectivity index (χ3v) is 4.18. The number of halogens is 4. The van der Waals surface area contributed by atoms with Gasteiger partial charge in [0.25, 0.3) is 5.91 Å². The molecule has 0 bridgehead atoms. The van der Waals surface area contributed by atoms with E-state index in [2.05, 4.69) is 15.6 Å². The van der Waals surface area contributed by atoms with Crippen molar-refractivity contribution in [1.29, 1.82) is 0 Å². The SMILES string of the molecule is CCCNC(=O)c1ccn2c(-c3cccc(NC(=O)NCC(F)(F)F)c3)cnc2c1.Cl. The average Bonchev–Trinajstić information content (AvgIpc) is 3.13. The highest BCUT2D eigenvalue weighted by molar-refractivity contribution is 5.95. The Morgan fingerprint density at radius 1 is 1.13 bits per heavy atom. The van der Waals surface area contributed by atoms with Crippen molar-refractivity contribution in [2.45, 2.75) is 19.5 Å². The summed E-state index contributed by atoms with van der Waals surface area (Å²) in [6.45, 7) is 1.13. The molecule has 2 heterocycles. The first kappa shape index (κ1) is 24.0. The van der Waals surface area contributed by atoms with E-state index in [1.54, 1.807) is 58.5 Å². The molecule has 3 amide bonds. The maximum atomic E-state index is 12.2. The highest BCUT2D eigenvalue weighted by Crippen LogP contribution is 2.24. The van der Waals surface area contributed by atoms with Crippen molar-refractivity contribution in [3.8, 4) is 11.3 Å². The van der Waals surface area contributed by atoms with Gasteiger partial charge < -0.3 is 16.0 Å². The Kier molecular flexibility index (Phi) is 7.87. The van der Waals surface area contributed by atoms with Gasteiger partial charge in [-0.3, -0.25) is 9.20 Å². The number of pyridine rings is 1. The molecule has 1 aromatic carbocycles. The number of amides is 3. The smallest absolute Gasteiger partial charge is 0.352 e. The first-order valence-corrected chi connectivity index (χ1v) is 9.24. The van der Waals surface area contributed by atoms with Gasteiger partial charge in [-0.25, -0.2) is 9.78 Å². The first-order valence-electron chi connectivity index (χ1n) is 9.24. The summed E-state index contributed by atoms with van der Waals surface area (Å²) in [5, 5.41) is 6.94. The third-order valence-electron chi connectivity index (χ3n) is 4.18. The highest BCUT2D eigenvalue weighted by Gasteiger charge is 2.27. The summed E-state index contributed by atoms with van der Waals surface area (Å²) in [5.74, 6) is -0.181. The standard InChI is InChI=1S/C20H20F3N5O2.ClH/c1-2-7-24-18(29)14-6-8-28-16(11-25-17(28)10-14)13-4-3-5-15(9-13)27-19(30)26-12-20(21,22)23;/h3-6,8-11H,2,7,12H2,1H3,(H,24,29)(H2,26,27,30);1H. The molecule has 0 saturated carbocycles. The average molecular weight is 456 g/mol. The molecular formula is C20H21ClF3N5O2. The van der Waals surface area contributed by atoms with Gasteiger partial charge in [0.1, 0.15) is 12.2 Å². The second-order valence-electron chi connectivity index (χ2n) is 6.55. The molecule has 0 saturated heterocycles. The Morgan fingerprint density at radius 3 is 2.61 bits per heavy atom. The molecule has 7 nitrogen and oxygen atoms in total. The van der Waals surface area contributed by atoms with E-state index in [1.807, 2.05) is 6.92 Å². The summed E-state index contributed by atoms with van der Waals surface area (Å²) in [5.41, 5.74) is 2.78. The van der Waals surface area contributed by atoms with Crippen molar-refractivity contribution in [2.24, 2.45) is 0 Å². The van der Waals surface area contributed by atoms with Gasteiger partial charge in [0.15, 0.2) is 0 Å². The number of nitrogens with zero attached hydrogens (tertiary/aromatic N) is 2. The Balaban J connectivity index is 0.00000341. The van der Waals surface area contributed by atoms with Crippen LogP contribution in [0.1, 0.15) is 23.7 Å². The number of anilines is 1. The molecular weight excluding hydrogens is 435 g/mol. The Labute approximate surface area is 182 Å². The van der Waals surface area contributed by atoms with Crippen LogP contribution in [-0.4, -0.2) is 40.6 Å². The van der Waals surface area contributed by atoms with Crippen molar-refractivity contribution < 1.29 is 22.8 Å². The van der Waals surface area contributed by atoms with Gasteiger partial charge in [-0.1, -0.05) is 19.1 Å². The lowest BCUT2D eigenvalue weighted by atomic mass is 10.1. The minimum atomic E-state index is -4.48. The van der Waals surface area contributed by atoms with Crippen molar-refractivity contribution in [3.05, 3.63) is 54.4 Å². The van der Waals surface area contributed by atoms with E-state index in [1.165, 1.54) is 0 Å². The molecule has 0 aliphatic carbocycles. The van der Waals surface area contributed by atoms with Crippen molar-refractivity contribution >= 4 is 35.7 Å². The van der Waals surface area contributed by atoms with Crippen molar-refractivity contribution in [1.82, 2.24) is 20.0 Å². The normalized spacial score (nSPS) is 11.0. The summed E-state index contributed by atoms with van der Waals surface area (Å²) in [6, 6.07) is 9.03. The number of alkyl halides is 3. The molecule has 0 spiro atoms. The Morgan fingerprint density at radius 2 is 1.90 bits per heavy atom. The van der Waals surface area contributed by atoms with E-state index in [4.69, 9.17) is 0 Å². The number of carbonyl (C=O) groups excluding carboxylic acids is 2. The summed E-state index contributed by atoms with van der Waals surface area (Å²) in [7, 11) is 0. The molecule has 3 aromatic rings. The van der Waals surface area contributed by atoms with E-state index in [9.17, 15) is 22.8 Å². The maximum Gasteiger partial charge on any atom is 0.405 e. The van der Waals surface area contributed by atoms with E-state index < -0.39 is 18.8 Å². The van der Waals surface area contributed by atoms with Gasteiger partial charge in [-0.05, 0) is 30.7 Å². The predicted octanol–water partition coefficient (Wildman–Crippen LogP) is 4.25. The zero-order chi connectivity index (χ0) is 21.7. The number of fused-ring (bicyclic) bond motifs is 1. The fraction of sp³-hybridized carbons (Fsp3) is 0.250. The number of aromatic nitrogens is 2. The molecule has 2 aromatic heterocycles. The number of benzene rings is 1. The second kappa shape index (κ2) is 10.2. The van der Waals surface area contributed by atoms with Gasteiger partial charge in [0.2, 0.25) is 0 Å². The molecule has 0 aliphatic heterocycles. The van der Waals surface area contributed by atoms with Gasteiger partial charge in [0, 0.05) is 29.6 Å². The lowest BCUT2D eigenvalue weighted by Gasteiger charge is -2.11. The summed E-state index contributed by atoms with van der Waals surface area (Å²) < 4.78 is 38.4. The largest absolute Gasteiger partial charge is 0.405 e. The molecule has 31 heavy (non-hydrogen) atoms. The fourth-order valence-electron chi connectivity index (χ4n) is 2.79. The molecule has 0 unspecified atom stereocenters. The van der Waals surface area contributed by atoms with Crippen LogP contribution in [0.2, 0.25) is 0 Å². The van der Waals surface area contributed by atoms with E-state index in [-0.39, 0.29) is 18.3 Å². The lowest BCUT2D eigenvalue weighted by molar-refractivity contribution is -0.122. The quantitative estimate of drug-likeness (QED) is 0.519. The van der Waals surface area contributed by atoms with E-state index in [0.29, 0.717) is 34.7 Å². The zero-order valence-corrected chi connectivity index (χ0v) is 17.3. The first-order chi connectivity index (χ1) is 14.3. The number of hydrogen-bond acceptors (Lipinski definition) is 3.